The van der Waals surface area contributed by atoms with Gasteiger partial charge in [0, 0.05) is 50.7 Å². The normalized spacial score (nSPS) is 14.0. The number of carbonyl (C=O) groups excluding carboxylic acids is 2. The summed E-state index contributed by atoms with van der Waals surface area (Å²) in [4.78, 5) is 30.0. The summed E-state index contributed by atoms with van der Waals surface area (Å²) in [5.41, 5.74) is 1.65. The third-order valence-electron chi connectivity index (χ3n) is 4.33. The van der Waals surface area contributed by atoms with Crippen molar-refractivity contribution in [3.05, 3.63) is 51.5 Å². The summed E-state index contributed by atoms with van der Waals surface area (Å²) in [5, 5.41) is 2.72. The van der Waals surface area contributed by atoms with Crippen molar-refractivity contribution in [3.63, 3.8) is 0 Å². The Morgan fingerprint density at radius 3 is 2.85 bits per heavy atom. The second-order valence-electron chi connectivity index (χ2n) is 6.59. The third kappa shape index (κ3) is 4.47. The lowest BCUT2D eigenvalue weighted by atomic mass is 10.1. The van der Waals surface area contributed by atoms with Crippen molar-refractivity contribution in [2.45, 2.75) is 19.4 Å². The Bertz CT molecular complexity index is 819. The average Bonchev–Trinajstić information content (AvgIpc) is 3.02. The first-order valence-electron chi connectivity index (χ1n) is 8.53. The molecule has 2 amide bonds. The molecule has 1 aromatic carbocycles. The Morgan fingerprint density at radius 1 is 1.31 bits per heavy atom. The highest BCUT2D eigenvalue weighted by atomic mass is 32.1. The minimum atomic E-state index is -0.369. The van der Waals surface area contributed by atoms with E-state index in [9.17, 15) is 14.0 Å². The zero-order chi connectivity index (χ0) is 18.7. The topological polar surface area (TPSA) is 52.7 Å². The average molecular weight is 375 g/mol. The fourth-order valence-corrected chi connectivity index (χ4v) is 4.14. The highest BCUT2D eigenvalue weighted by Gasteiger charge is 2.22. The van der Waals surface area contributed by atoms with Crippen LogP contribution in [0.2, 0.25) is 0 Å². The van der Waals surface area contributed by atoms with E-state index >= 15 is 0 Å². The maximum absolute atomic E-state index is 13.2. The molecule has 5 nitrogen and oxygen atoms in total. The van der Waals surface area contributed by atoms with Crippen LogP contribution < -0.4 is 5.32 Å². The Morgan fingerprint density at radius 2 is 2.12 bits per heavy atom. The molecule has 0 saturated heterocycles. The highest BCUT2D eigenvalue weighted by Crippen LogP contribution is 2.28. The molecule has 0 spiro atoms. The van der Waals surface area contributed by atoms with Crippen LogP contribution in [0.5, 0.6) is 0 Å². The van der Waals surface area contributed by atoms with E-state index in [4.69, 9.17) is 0 Å². The van der Waals surface area contributed by atoms with E-state index in [-0.39, 0.29) is 17.6 Å². The summed E-state index contributed by atoms with van der Waals surface area (Å²) < 4.78 is 13.2. The number of halogens is 1. The molecule has 2 aromatic rings. The summed E-state index contributed by atoms with van der Waals surface area (Å²) in [6, 6.07) is 7.86. The van der Waals surface area contributed by atoms with Gasteiger partial charge in [-0.15, -0.1) is 11.3 Å². The molecule has 0 fully saturated rings. The lowest BCUT2D eigenvalue weighted by Gasteiger charge is -2.26. The van der Waals surface area contributed by atoms with E-state index in [1.165, 1.54) is 22.6 Å². The van der Waals surface area contributed by atoms with Crippen molar-refractivity contribution in [3.8, 4) is 0 Å². The van der Waals surface area contributed by atoms with Gasteiger partial charge in [-0.25, -0.2) is 4.39 Å². The molecule has 1 aliphatic heterocycles. The fraction of sp³-hybridized carbons (Fsp3) is 0.368. The zero-order valence-corrected chi connectivity index (χ0v) is 15.7. The number of nitrogens with one attached hydrogen (secondary N) is 1. The number of benzene rings is 1. The lowest BCUT2D eigenvalue weighted by molar-refractivity contribution is -0.116. The van der Waals surface area contributed by atoms with Crippen LogP contribution in [0.15, 0.2) is 30.3 Å². The number of anilines is 1. The lowest BCUT2D eigenvalue weighted by Crippen LogP contribution is -2.32. The van der Waals surface area contributed by atoms with Crippen LogP contribution in [-0.4, -0.2) is 48.8 Å². The van der Waals surface area contributed by atoms with Crippen LogP contribution in [0.4, 0.5) is 10.1 Å². The quantitative estimate of drug-likeness (QED) is 0.874. The van der Waals surface area contributed by atoms with Crippen molar-refractivity contribution in [1.29, 1.82) is 0 Å². The molecule has 2 heterocycles. The summed E-state index contributed by atoms with van der Waals surface area (Å²) in [6.07, 6.45) is 1.24. The van der Waals surface area contributed by atoms with Crippen LogP contribution in [0.3, 0.4) is 0 Å². The predicted octanol–water partition coefficient (Wildman–Crippen LogP) is 2.98. The van der Waals surface area contributed by atoms with Gasteiger partial charge in [0.1, 0.15) is 5.82 Å². The Labute approximate surface area is 156 Å². The van der Waals surface area contributed by atoms with Crippen LogP contribution in [0.25, 0.3) is 0 Å². The Balaban J connectivity index is 1.53. The number of rotatable bonds is 5. The third-order valence-corrected chi connectivity index (χ3v) is 5.55. The molecule has 1 N–H and O–H groups in total. The van der Waals surface area contributed by atoms with Gasteiger partial charge >= 0.3 is 0 Å². The van der Waals surface area contributed by atoms with Gasteiger partial charge < -0.3 is 10.2 Å². The molecule has 1 aliphatic rings. The fourth-order valence-electron chi connectivity index (χ4n) is 2.96. The molecule has 7 heteroatoms. The van der Waals surface area contributed by atoms with Gasteiger partial charge in [0.2, 0.25) is 5.91 Å². The number of amides is 2. The summed E-state index contributed by atoms with van der Waals surface area (Å²) in [6.45, 7) is 2.25. The number of hydrogen-bond donors (Lipinski definition) is 1. The molecule has 0 saturated carbocycles. The SMILES string of the molecule is CN(C)C(=O)c1cc2c(s1)CCN(CCC(=O)Nc1cccc(F)c1)C2. The smallest absolute Gasteiger partial charge is 0.263 e. The zero-order valence-electron chi connectivity index (χ0n) is 14.9. The van der Waals surface area contributed by atoms with Crippen LogP contribution in [0, 0.1) is 5.82 Å². The van der Waals surface area contributed by atoms with Crippen LogP contribution in [0.1, 0.15) is 26.5 Å². The second-order valence-corrected chi connectivity index (χ2v) is 7.73. The van der Waals surface area contributed by atoms with Crippen molar-refractivity contribution < 1.29 is 14.0 Å². The number of fused-ring (bicyclic) bond motifs is 1. The minimum absolute atomic E-state index is 0.0328. The molecule has 3 rings (SSSR count). The maximum Gasteiger partial charge on any atom is 0.263 e. The van der Waals surface area contributed by atoms with Gasteiger partial charge in [-0.3, -0.25) is 14.5 Å². The van der Waals surface area contributed by atoms with Crippen LogP contribution in [-0.2, 0) is 17.8 Å². The number of thiophene rings is 1. The largest absolute Gasteiger partial charge is 0.344 e. The standard InChI is InChI=1S/C19H22FN3O2S/c1-22(2)19(25)17-10-13-12-23(8-6-16(13)26-17)9-7-18(24)21-15-5-3-4-14(20)11-15/h3-5,10-11H,6-9,12H2,1-2H3,(H,21,24). The highest BCUT2D eigenvalue weighted by molar-refractivity contribution is 7.14. The van der Waals surface area contributed by atoms with Crippen molar-refractivity contribution >= 4 is 28.8 Å². The summed E-state index contributed by atoms with van der Waals surface area (Å²) in [5.74, 6) is -0.465. The van der Waals surface area contributed by atoms with Crippen LogP contribution >= 0.6 is 11.3 Å². The van der Waals surface area contributed by atoms with E-state index < -0.39 is 0 Å². The molecule has 0 aliphatic carbocycles. The molecule has 26 heavy (non-hydrogen) atoms. The number of carbonyl (C=O) groups is 2. The van der Waals surface area contributed by atoms with Gasteiger partial charge in [0.25, 0.3) is 5.91 Å². The van der Waals surface area contributed by atoms with E-state index in [0.29, 0.717) is 18.7 Å². The monoisotopic (exact) mass is 375 g/mol. The molecule has 1 aromatic heterocycles. The predicted molar refractivity (Wildman–Crippen MR) is 101 cm³/mol. The first kappa shape index (κ1) is 18.5. The number of nitrogens with zero attached hydrogens (tertiary/aromatic N) is 2. The minimum Gasteiger partial charge on any atom is -0.344 e. The van der Waals surface area contributed by atoms with Gasteiger partial charge in [-0.05, 0) is 36.2 Å². The number of hydrogen-bond acceptors (Lipinski definition) is 4. The molecular weight excluding hydrogens is 353 g/mol. The first-order chi connectivity index (χ1) is 12.4. The van der Waals surface area contributed by atoms with Gasteiger partial charge in [0.15, 0.2) is 0 Å². The summed E-state index contributed by atoms with van der Waals surface area (Å²) >= 11 is 1.57. The first-order valence-corrected chi connectivity index (χ1v) is 9.35. The molecule has 0 atom stereocenters. The van der Waals surface area contributed by atoms with Crippen molar-refractivity contribution in [2.75, 3.05) is 32.5 Å². The second kappa shape index (κ2) is 7.97. The van der Waals surface area contributed by atoms with E-state index in [1.54, 1.807) is 42.5 Å². The van der Waals surface area contributed by atoms with Crippen molar-refractivity contribution in [1.82, 2.24) is 9.80 Å². The van der Waals surface area contributed by atoms with Gasteiger partial charge in [-0.1, -0.05) is 6.07 Å². The van der Waals surface area contributed by atoms with Gasteiger partial charge in [-0.2, -0.15) is 0 Å². The Kier molecular flexibility index (Phi) is 5.68. The molecular formula is C19H22FN3O2S. The molecule has 0 unspecified atom stereocenters. The summed E-state index contributed by atoms with van der Waals surface area (Å²) in [7, 11) is 3.51. The van der Waals surface area contributed by atoms with E-state index in [1.807, 2.05) is 6.07 Å². The molecule has 0 radical (unpaired) electrons. The maximum atomic E-state index is 13.2. The van der Waals surface area contributed by atoms with Gasteiger partial charge in [0.05, 0.1) is 4.88 Å². The van der Waals surface area contributed by atoms with E-state index in [0.717, 1.165) is 24.4 Å². The van der Waals surface area contributed by atoms with Crippen molar-refractivity contribution in [2.24, 2.45) is 0 Å². The molecule has 0 bridgehead atoms. The Hall–Kier alpha value is -2.25. The molecule has 138 valence electrons. The van der Waals surface area contributed by atoms with E-state index in [2.05, 4.69) is 10.2 Å².